The molecule has 1 atom stereocenters. The van der Waals surface area contributed by atoms with Gasteiger partial charge in [0.2, 0.25) is 0 Å². The third-order valence-corrected chi connectivity index (χ3v) is 4.83. The highest BCUT2D eigenvalue weighted by molar-refractivity contribution is 9.09. The lowest BCUT2D eigenvalue weighted by Gasteiger charge is -2.16. The zero-order chi connectivity index (χ0) is 14.5. The summed E-state index contributed by atoms with van der Waals surface area (Å²) < 4.78 is 12.9. The van der Waals surface area contributed by atoms with E-state index in [1.54, 1.807) is 0 Å². The standard InChI is InChI=1S/C16H14BrCl2F/c17-10-12(8-11-4-6-13(20)7-5-11)9-14-15(18)2-1-3-16(14)19/h1-7,12H,8-10H2. The van der Waals surface area contributed by atoms with E-state index in [1.807, 2.05) is 30.3 Å². The van der Waals surface area contributed by atoms with Crippen LogP contribution in [-0.4, -0.2) is 5.33 Å². The highest BCUT2D eigenvalue weighted by Gasteiger charge is 2.14. The number of halogens is 4. The first-order valence-electron chi connectivity index (χ1n) is 6.33. The zero-order valence-corrected chi connectivity index (χ0v) is 13.8. The number of hydrogen-bond acceptors (Lipinski definition) is 0. The topological polar surface area (TPSA) is 0 Å². The Labute approximate surface area is 137 Å². The summed E-state index contributed by atoms with van der Waals surface area (Å²) in [5, 5.41) is 2.23. The van der Waals surface area contributed by atoms with Crippen LogP contribution in [0.5, 0.6) is 0 Å². The minimum absolute atomic E-state index is 0.210. The van der Waals surface area contributed by atoms with Crippen LogP contribution in [0.15, 0.2) is 42.5 Å². The molecular weight excluding hydrogens is 362 g/mol. The molecular formula is C16H14BrCl2F. The van der Waals surface area contributed by atoms with Crippen LogP contribution in [0.25, 0.3) is 0 Å². The Kier molecular flexibility index (Phi) is 5.88. The Morgan fingerprint density at radius 2 is 1.55 bits per heavy atom. The molecule has 0 heterocycles. The summed E-state index contributed by atoms with van der Waals surface area (Å²) >= 11 is 15.9. The summed E-state index contributed by atoms with van der Waals surface area (Å²) in [6.07, 6.45) is 1.65. The van der Waals surface area contributed by atoms with E-state index in [9.17, 15) is 4.39 Å². The van der Waals surface area contributed by atoms with E-state index < -0.39 is 0 Å². The summed E-state index contributed by atoms with van der Waals surface area (Å²) in [5.74, 6) is 0.149. The molecule has 2 aromatic rings. The van der Waals surface area contributed by atoms with Crippen molar-refractivity contribution in [2.24, 2.45) is 5.92 Å². The average molecular weight is 376 g/mol. The Morgan fingerprint density at radius 1 is 0.950 bits per heavy atom. The van der Waals surface area contributed by atoms with Gasteiger partial charge >= 0.3 is 0 Å². The molecule has 2 aromatic carbocycles. The number of alkyl halides is 1. The van der Waals surface area contributed by atoms with Crippen LogP contribution >= 0.6 is 39.1 Å². The maximum Gasteiger partial charge on any atom is 0.123 e. The third-order valence-electron chi connectivity index (χ3n) is 3.21. The number of benzene rings is 2. The molecule has 2 rings (SSSR count). The van der Waals surface area contributed by atoms with E-state index in [2.05, 4.69) is 15.9 Å². The van der Waals surface area contributed by atoms with Crippen LogP contribution in [-0.2, 0) is 12.8 Å². The molecule has 106 valence electrons. The predicted octanol–water partition coefficient (Wildman–Crippen LogP) is 5.93. The first-order chi connectivity index (χ1) is 9.60. The zero-order valence-electron chi connectivity index (χ0n) is 10.8. The van der Waals surface area contributed by atoms with Gasteiger partial charge in [-0.15, -0.1) is 0 Å². The van der Waals surface area contributed by atoms with Gasteiger partial charge in [0, 0.05) is 15.4 Å². The quantitative estimate of drug-likeness (QED) is 0.568. The second-order valence-corrected chi connectivity index (χ2v) is 6.22. The van der Waals surface area contributed by atoms with Gasteiger partial charge in [-0.2, -0.15) is 0 Å². The first-order valence-corrected chi connectivity index (χ1v) is 8.21. The molecule has 4 heteroatoms. The molecule has 0 amide bonds. The van der Waals surface area contributed by atoms with Gasteiger partial charge in [-0.1, -0.05) is 57.3 Å². The fraction of sp³-hybridized carbons (Fsp3) is 0.250. The largest absolute Gasteiger partial charge is 0.207 e. The lowest BCUT2D eigenvalue weighted by molar-refractivity contribution is 0.588. The highest BCUT2D eigenvalue weighted by Crippen LogP contribution is 2.28. The van der Waals surface area contributed by atoms with E-state index in [-0.39, 0.29) is 5.82 Å². The number of rotatable bonds is 5. The van der Waals surface area contributed by atoms with Gasteiger partial charge in [0.15, 0.2) is 0 Å². The summed E-state index contributed by atoms with van der Waals surface area (Å²) in [5.41, 5.74) is 2.08. The van der Waals surface area contributed by atoms with Gasteiger partial charge < -0.3 is 0 Å². The van der Waals surface area contributed by atoms with Crippen molar-refractivity contribution in [2.45, 2.75) is 12.8 Å². The van der Waals surface area contributed by atoms with E-state index in [4.69, 9.17) is 23.2 Å². The molecule has 0 nitrogen and oxygen atoms in total. The normalized spacial score (nSPS) is 12.4. The maximum absolute atomic E-state index is 12.9. The second-order valence-electron chi connectivity index (χ2n) is 4.76. The van der Waals surface area contributed by atoms with E-state index in [0.717, 1.165) is 29.3 Å². The van der Waals surface area contributed by atoms with Crippen molar-refractivity contribution in [1.82, 2.24) is 0 Å². The smallest absolute Gasteiger partial charge is 0.123 e. The summed E-state index contributed by atoms with van der Waals surface area (Å²) in [6.45, 7) is 0. The van der Waals surface area contributed by atoms with E-state index in [1.165, 1.54) is 12.1 Å². The van der Waals surface area contributed by atoms with Crippen LogP contribution in [0.2, 0.25) is 10.0 Å². The monoisotopic (exact) mass is 374 g/mol. The van der Waals surface area contributed by atoms with Gasteiger partial charge in [0.05, 0.1) is 0 Å². The van der Waals surface area contributed by atoms with Crippen molar-refractivity contribution in [3.8, 4) is 0 Å². The summed E-state index contributed by atoms with van der Waals surface area (Å²) in [4.78, 5) is 0. The molecule has 0 radical (unpaired) electrons. The molecule has 0 aliphatic carbocycles. The minimum atomic E-state index is -0.210. The minimum Gasteiger partial charge on any atom is -0.207 e. The molecule has 20 heavy (non-hydrogen) atoms. The van der Waals surface area contributed by atoms with Gasteiger partial charge in [0.25, 0.3) is 0 Å². The molecule has 0 bridgehead atoms. The van der Waals surface area contributed by atoms with Gasteiger partial charge in [-0.05, 0) is 54.2 Å². The van der Waals surface area contributed by atoms with Crippen molar-refractivity contribution in [2.75, 3.05) is 5.33 Å². The Balaban J connectivity index is 2.11. The van der Waals surface area contributed by atoms with Crippen LogP contribution in [0.3, 0.4) is 0 Å². The van der Waals surface area contributed by atoms with Crippen molar-refractivity contribution in [3.05, 3.63) is 69.5 Å². The Hall–Kier alpha value is -0.570. The molecule has 0 fully saturated rings. The molecule has 0 aromatic heterocycles. The molecule has 0 N–H and O–H groups in total. The fourth-order valence-corrected chi connectivity index (χ4v) is 3.16. The van der Waals surface area contributed by atoms with Gasteiger partial charge in [-0.25, -0.2) is 4.39 Å². The lowest BCUT2D eigenvalue weighted by Crippen LogP contribution is -2.10. The number of hydrogen-bond donors (Lipinski definition) is 0. The van der Waals surface area contributed by atoms with Crippen molar-refractivity contribution < 1.29 is 4.39 Å². The van der Waals surface area contributed by atoms with Crippen LogP contribution in [0, 0.1) is 11.7 Å². The highest BCUT2D eigenvalue weighted by atomic mass is 79.9. The third kappa shape index (κ3) is 4.21. The SMILES string of the molecule is Fc1ccc(CC(CBr)Cc2c(Cl)cccc2Cl)cc1. The average Bonchev–Trinajstić information content (AvgIpc) is 2.44. The maximum atomic E-state index is 12.9. The van der Waals surface area contributed by atoms with Crippen LogP contribution < -0.4 is 0 Å². The van der Waals surface area contributed by atoms with Crippen LogP contribution in [0.1, 0.15) is 11.1 Å². The summed E-state index contributed by atoms with van der Waals surface area (Å²) in [7, 11) is 0. The molecule has 1 unspecified atom stereocenters. The fourth-order valence-electron chi connectivity index (χ4n) is 2.15. The first kappa shape index (κ1) is 15.8. The lowest BCUT2D eigenvalue weighted by atomic mass is 9.94. The van der Waals surface area contributed by atoms with Crippen molar-refractivity contribution in [3.63, 3.8) is 0 Å². The predicted molar refractivity (Wildman–Crippen MR) is 87.6 cm³/mol. The van der Waals surface area contributed by atoms with Gasteiger partial charge in [-0.3, -0.25) is 0 Å². The molecule has 0 spiro atoms. The molecule has 0 aliphatic rings. The van der Waals surface area contributed by atoms with E-state index >= 15 is 0 Å². The van der Waals surface area contributed by atoms with Crippen LogP contribution in [0.4, 0.5) is 4.39 Å². The summed E-state index contributed by atoms with van der Waals surface area (Å²) in [6, 6.07) is 12.2. The molecule has 0 saturated carbocycles. The van der Waals surface area contributed by atoms with Gasteiger partial charge in [0.1, 0.15) is 5.82 Å². The van der Waals surface area contributed by atoms with Crippen molar-refractivity contribution >= 4 is 39.1 Å². The second kappa shape index (κ2) is 7.44. The molecule has 0 aliphatic heterocycles. The molecule has 0 saturated heterocycles. The Morgan fingerprint density at radius 3 is 2.10 bits per heavy atom. The van der Waals surface area contributed by atoms with Crippen molar-refractivity contribution in [1.29, 1.82) is 0 Å². The Bertz CT molecular complexity index is 549. The van der Waals surface area contributed by atoms with E-state index in [0.29, 0.717) is 16.0 Å².